The molecule has 0 saturated carbocycles. The Labute approximate surface area is 279 Å². The van der Waals surface area contributed by atoms with Crippen molar-refractivity contribution in [2.24, 2.45) is 0 Å². The SMILES string of the molecule is C[S+]([O-])C1=C(C(=O)OC(c2ccccc2)c2ccccc2)N2C(=O)[C@@H](NC(=O)C(NC(=O)OC(C)(C)C)c3ccccc3)[C@@H]2[S+]([O-])C1. The van der Waals surface area contributed by atoms with Crippen molar-refractivity contribution in [2.45, 2.75) is 49.9 Å². The molecule has 2 aliphatic rings. The number of benzene rings is 3. The van der Waals surface area contributed by atoms with Crippen LogP contribution in [-0.2, 0) is 46.2 Å². The minimum atomic E-state index is -1.83. The molecule has 246 valence electrons. The van der Waals surface area contributed by atoms with Crippen LogP contribution in [0.2, 0.25) is 0 Å². The molecule has 3 aromatic carbocycles. The summed E-state index contributed by atoms with van der Waals surface area (Å²) in [5, 5.41) is 4.03. The normalized spacial score (nSPS) is 20.4. The number of alkyl carbamates (subject to hydrolysis) is 1. The second-order valence-electron chi connectivity index (χ2n) is 11.9. The third-order valence-corrected chi connectivity index (χ3v) is 10.2. The van der Waals surface area contributed by atoms with Crippen LogP contribution >= 0.6 is 0 Å². The predicted molar refractivity (Wildman–Crippen MR) is 176 cm³/mol. The fourth-order valence-corrected chi connectivity index (χ4v) is 8.27. The number of carbonyl (C=O) groups excluding carboxylic acids is 4. The van der Waals surface area contributed by atoms with Crippen LogP contribution in [-0.4, -0.2) is 66.9 Å². The highest BCUT2D eigenvalue weighted by Gasteiger charge is 2.63. The number of hydrogen-bond acceptors (Lipinski definition) is 8. The maximum absolute atomic E-state index is 13.9. The Morgan fingerprint density at radius 1 is 0.915 bits per heavy atom. The van der Waals surface area contributed by atoms with Gasteiger partial charge in [0.2, 0.25) is 16.2 Å². The van der Waals surface area contributed by atoms with Gasteiger partial charge in [-0.05, 0) is 59.8 Å². The molecule has 11 nitrogen and oxygen atoms in total. The van der Waals surface area contributed by atoms with E-state index in [2.05, 4.69) is 10.6 Å². The maximum atomic E-state index is 13.9. The van der Waals surface area contributed by atoms with Gasteiger partial charge in [-0.15, -0.1) is 0 Å². The molecule has 2 heterocycles. The Hall–Kier alpha value is -4.30. The van der Waals surface area contributed by atoms with E-state index in [4.69, 9.17) is 9.47 Å². The standard InChI is InChI=1S/C34H35N3O8S2/c1-34(2,3)45-33(41)36-25(21-14-8-5-9-15-21)29(38)35-26-30(39)37-27(24(46(4)42)20-47(43)31(26)37)32(40)44-28(22-16-10-6-11-17-22)23-18-12-7-13-19-23/h5-19,25-26,28,31H,20H2,1-4H3,(H,35,38)(H,36,41)/t25?,26-,31+,46?,47?/m1/s1. The van der Waals surface area contributed by atoms with Crippen molar-refractivity contribution in [1.29, 1.82) is 0 Å². The van der Waals surface area contributed by atoms with E-state index < -0.39 is 75.4 Å². The van der Waals surface area contributed by atoms with Crippen molar-refractivity contribution >= 4 is 46.2 Å². The van der Waals surface area contributed by atoms with Gasteiger partial charge in [0.1, 0.15) is 17.9 Å². The molecule has 1 saturated heterocycles. The Morgan fingerprint density at radius 2 is 1.43 bits per heavy atom. The number of nitrogens with one attached hydrogen (secondary N) is 2. The fourth-order valence-electron chi connectivity index (χ4n) is 5.31. The van der Waals surface area contributed by atoms with Gasteiger partial charge in [0.25, 0.3) is 5.91 Å². The van der Waals surface area contributed by atoms with Gasteiger partial charge in [0.05, 0.1) is 0 Å². The number of hydrogen-bond donors (Lipinski definition) is 2. The van der Waals surface area contributed by atoms with Gasteiger partial charge in [-0.1, -0.05) is 91.0 Å². The number of β-lactam (4-membered cyclic amide) rings is 1. The fraction of sp³-hybridized carbons (Fsp3) is 0.294. The number of amides is 3. The van der Waals surface area contributed by atoms with E-state index in [1.54, 1.807) is 99.6 Å². The van der Waals surface area contributed by atoms with Gasteiger partial charge in [-0.25, -0.2) is 9.59 Å². The zero-order valence-electron chi connectivity index (χ0n) is 26.2. The largest absolute Gasteiger partial charge is 0.614 e. The van der Waals surface area contributed by atoms with E-state index in [1.807, 2.05) is 12.1 Å². The zero-order valence-corrected chi connectivity index (χ0v) is 27.8. The molecule has 2 N–H and O–H groups in total. The summed E-state index contributed by atoms with van der Waals surface area (Å²) in [6, 6.07) is 23.9. The lowest BCUT2D eigenvalue weighted by molar-refractivity contribution is -0.155. The summed E-state index contributed by atoms with van der Waals surface area (Å²) < 4.78 is 37.6. The summed E-state index contributed by atoms with van der Waals surface area (Å²) in [4.78, 5) is 54.9. The maximum Gasteiger partial charge on any atom is 0.408 e. The van der Waals surface area contributed by atoms with Crippen molar-refractivity contribution in [3.8, 4) is 0 Å². The van der Waals surface area contributed by atoms with Crippen molar-refractivity contribution in [1.82, 2.24) is 15.5 Å². The lowest BCUT2D eigenvalue weighted by atomic mass is 10.0. The van der Waals surface area contributed by atoms with Crippen LogP contribution in [0, 0.1) is 0 Å². The Balaban J connectivity index is 1.41. The van der Waals surface area contributed by atoms with E-state index in [1.165, 1.54) is 6.26 Å². The van der Waals surface area contributed by atoms with Crippen LogP contribution in [0.15, 0.2) is 102 Å². The van der Waals surface area contributed by atoms with Crippen molar-refractivity contribution in [3.63, 3.8) is 0 Å². The second-order valence-corrected chi connectivity index (χ2v) is 14.9. The summed E-state index contributed by atoms with van der Waals surface area (Å²) in [6.45, 7) is 5.04. The van der Waals surface area contributed by atoms with E-state index in [-0.39, 0.29) is 16.4 Å². The van der Waals surface area contributed by atoms with Gasteiger partial charge in [0.15, 0.2) is 23.6 Å². The summed E-state index contributed by atoms with van der Waals surface area (Å²) in [5.41, 5.74) is 0.679. The molecule has 3 amide bonds. The molecule has 13 heteroatoms. The highest BCUT2D eigenvalue weighted by atomic mass is 32.2. The molecule has 0 bridgehead atoms. The van der Waals surface area contributed by atoms with E-state index in [0.29, 0.717) is 16.7 Å². The number of rotatable bonds is 9. The number of nitrogens with zero attached hydrogens (tertiary/aromatic N) is 1. The van der Waals surface area contributed by atoms with Gasteiger partial charge in [-0.2, -0.15) is 0 Å². The van der Waals surface area contributed by atoms with Crippen LogP contribution < -0.4 is 10.6 Å². The Kier molecular flexibility index (Phi) is 10.3. The van der Waals surface area contributed by atoms with Gasteiger partial charge < -0.3 is 29.2 Å². The number of esters is 1. The zero-order chi connectivity index (χ0) is 33.9. The molecule has 3 aromatic rings. The van der Waals surface area contributed by atoms with Crippen molar-refractivity contribution in [3.05, 3.63) is 118 Å². The van der Waals surface area contributed by atoms with Gasteiger partial charge >= 0.3 is 12.1 Å². The molecule has 5 rings (SSSR count). The molecule has 1 fully saturated rings. The number of ether oxygens (including phenoxy) is 2. The molecular weight excluding hydrogens is 643 g/mol. The van der Waals surface area contributed by atoms with Gasteiger partial charge in [-0.3, -0.25) is 14.5 Å². The molecule has 0 aromatic heterocycles. The van der Waals surface area contributed by atoms with E-state index >= 15 is 0 Å². The van der Waals surface area contributed by atoms with Crippen LogP contribution in [0.5, 0.6) is 0 Å². The summed E-state index contributed by atoms with van der Waals surface area (Å²) >= 11 is -3.60. The highest BCUT2D eigenvalue weighted by Crippen LogP contribution is 2.40. The first-order chi connectivity index (χ1) is 22.4. The first-order valence-electron chi connectivity index (χ1n) is 14.8. The lowest BCUT2D eigenvalue weighted by Gasteiger charge is -2.48. The summed E-state index contributed by atoms with van der Waals surface area (Å²) in [6.07, 6.45) is -0.367. The Bertz CT molecular complexity index is 1610. The average Bonchev–Trinajstić information content (AvgIpc) is 3.04. The van der Waals surface area contributed by atoms with Gasteiger partial charge in [0, 0.05) is 0 Å². The number of carbonyl (C=O) groups is 4. The van der Waals surface area contributed by atoms with Crippen molar-refractivity contribution < 1.29 is 37.8 Å². The number of fused-ring (bicyclic) bond motifs is 1. The van der Waals surface area contributed by atoms with Crippen LogP contribution in [0.1, 0.15) is 49.6 Å². The first-order valence-corrected chi connectivity index (χ1v) is 17.7. The summed E-state index contributed by atoms with van der Waals surface area (Å²) in [5.74, 6) is -2.66. The van der Waals surface area contributed by atoms with Crippen LogP contribution in [0.25, 0.3) is 0 Å². The minimum absolute atomic E-state index is 0.0105. The average molecular weight is 678 g/mol. The summed E-state index contributed by atoms with van der Waals surface area (Å²) in [7, 11) is 0. The molecule has 0 aliphatic carbocycles. The molecule has 2 aliphatic heterocycles. The van der Waals surface area contributed by atoms with E-state index in [0.717, 1.165) is 4.90 Å². The topological polar surface area (TPSA) is 160 Å². The molecule has 3 unspecified atom stereocenters. The highest BCUT2D eigenvalue weighted by molar-refractivity contribution is 7.98. The molecule has 5 atom stereocenters. The third-order valence-electron chi connectivity index (χ3n) is 7.41. The van der Waals surface area contributed by atoms with Crippen LogP contribution in [0.4, 0.5) is 4.79 Å². The quantitative estimate of drug-likeness (QED) is 0.198. The smallest absolute Gasteiger partial charge is 0.408 e. The molecule has 47 heavy (non-hydrogen) atoms. The third kappa shape index (κ3) is 7.65. The van der Waals surface area contributed by atoms with Crippen molar-refractivity contribution in [2.75, 3.05) is 12.0 Å². The monoisotopic (exact) mass is 677 g/mol. The molecular formula is C34H35N3O8S2. The first kappa shape index (κ1) is 34.0. The molecule has 0 radical (unpaired) electrons. The predicted octanol–water partition coefficient (Wildman–Crippen LogP) is 3.59. The Morgan fingerprint density at radius 3 is 1.91 bits per heavy atom. The van der Waals surface area contributed by atoms with Crippen LogP contribution in [0.3, 0.4) is 0 Å². The minimum Gasteiger partial charge on any atom is -0.614 e. The lowest BCUT2D eigenvalue weighted by Crippen LogP contribution is -2.75. The molecule has 0 spiro atoms. The second kappa shape index (κ2) is 14.2. The van der Waals surface area contributed by atoms with E-state index in [9.17, 15) is 28.3 Å².